The van der Waals surface area contributed by atoms with Gasteiger partial charge in [0.15, 0.2) is 0 Å². The van der Waals surface area contributed by atoms with Gasteiger partial charge in [-0.3, -0.25) is 0 Å². The molecule has 1 aliphatic carbocycles. The number of rotatable bonds is 8. The molecule has 3 rings (SSSR count). The molecule has 0 amide bonds. The Hall–Kier alpha value is -2.32. The summed E-state index contributed by atoms with van der Waals surface area (Å²) in [5.41, 5.74) is 1.04. The Bertz CT molecular complexity index is 1040. The van der Waals surface area contributed by atoms with E-state index in [0.29, 0.717) is 11.5 Å². The number of phenols is 1. The Morgan fingerprint density at radius 3 is 2.25 bits per heavy atom. The number of allylic oxidation sites excluding steroid dienone is 2. The molecule has 3 unspecified atom stereocenters. The van der Waals surface area contributed by atoms with Crippen molar-refractivity contribution in [2.45, 2.75) is 25.1 Å². The normalized spacial score (nSPS) is 21.2. The molecule has 0 saturated heterocycles. The van der Waals surface area contributed by atoms with Crippen molar-refractivity contribution in [2.75, 3.05) is 28.4 Å². The minimum Gasteiger partial charge on any atom is -0.506 e. The predicted molar refractivity (Wildman–Crippen MR) is 136 cm³/mol. The van der Waals surface area contributed by atoms with E-state index in [0.717, 1.165) is 35.4 Å². The molecule has 1 N–H and O–H groups in total. The zero-order chi connectivity index (χ0) is 23.5. The molecule has 0 radical (unpaired) electrons. The van der Waals surface area contributed by atoms with Gasteiger partial charge >= 0.3 is 0 Å². The molecule has 1 aliphatic rings. The molecule has 3 atom stereocenters. The predicted octanol–water partition coefficient (Wildman–Crippen LogP) is 4.03. The van der Waals surface area contributed by atoms with Gasteiger partial charge in [-0.05, 0) is 57.7 Å². The van der Waals surface area contributed by atoms with Gasteiger partial charge in [-0.1, -0.05) is 32.7 Å². The maximum atomic E-state index is 11.4. The van der Waals surface area contributed by atoms with E-state index < -0.39 is 13.1 Å². The largest absolute Gasteiger partial charge is 0.506 e. The molecular formula is C25H30O5P2. The van der Waals surface area contributed by atoms with Gasteiger partial charge in [0, 0.05) is 17.7 Å². The summed E-state index contributed by atoms with van der Waals surface area (Å²) in [6, 6.07) is 9.73. The van der Waals surface area contributed by atoms with Crippen molar-refractivity contribution < 1.29 is 24.1 Å². The topological polar surface area (TPSA) is 57.2 Å². The molecule has 2 aromatic rings. The maximum Gasteiger partial charge on any atom is 0.135 e. The van der Waals surface area contributed by atoms with Crippen molar-refractivity contribution >= 4 is 38.3 Å². The van der Waals surface area contributed by atoms with E-state index in [1.807, 2.05) is 55.5 Å². The van der Waals surface area contributed by atoms with Crippen LogP contribution in [0.1, 0.15) is 12.5 Å². The van der Waals surface area contributed by atoms with Crippen LogP contribution < -0.4 is 25.4 Å². The Labute approximate surface area is 193 Å². The summed E-state index contributed by atoms with van der Waals surface area (Å²) in [5, 5.41) is 13.2. The minimum absolute atomic E-state index is 0.229. The third-order valence-electron chi connectivity index (χ3n) is 5.78. The van der Waals surface area contributed by atoms with Crippen molar-refractivity contribution in [1.29, 1.82) is 0 Å². The zero-order valence-electron chi connectivity index (χ0n) is 19.4. The van der Waals surface area contributed by atoms with E-state index in [1.54, 1.807) is 28.4 Å². The first kappa shape index (κ1) is 24.3. The van der Waals surface area contributed by atoms with Crippen molar-refractivity contribution in [3.05, 3.63) is 59.9 Å². The smallest absolute Gasteiger partial charge is 0.135 e. The average Bonchev–Trinajstić information content (AvgIpc) is 2.81. The molecule has 0 heterocycles. The van der Waals surface area contributed by atoms with Crippen LogP contribution in [0.3, 0.4) is 0 Å². The van der Waals surface area contributed by atoms with Gasteiger partial charge in [0.2, 0.25) is 0 Å². The zero-order valence-corrected chi connectivity index (χ0v) is 21.2. The van der Waals surface area contributed by atoms with Gasteiger partial charge in [-0.25, -0.2) is 0 Å². The van der Waals surface area contributed by atoms with E-state index in [2.05, 4.69) is 13.2 Å². The van der Waals surface area contributed by atoms with Crippen LogP contribution in [0.2, 0.25) is 0 Å². The summed E-state index contributed by atoms with van der Waals surface area (Å²) in [6.07, 6.45) is 9.61. The van der Waals surface area contributed by atoms with Crippen LogP contribution in [0.15, 0.2) is 54.3 Å². The van der Waals surface area contributed by atoms with Crippen LogP contribution in [0.25, 0.3) is 0 Å². The Kier molecular flexibility index (Phi) is 7.67. The molecule has 32 heavy (non-hydrogen) atoms. The van der Waals surface area contributed by atoms with Crippen molar-refractivity contribution in [1.82, 2.24) is 0 Å². The minimum atomic E-state index is -1.36. The number of phenolic OH excluding ortho intramolecular Hbond substituents is 1. The first-order valence-corrected chi connectivity index (χ1v) is 12.6. The quantitative estimate of drug-likeness (QED) is 0.588. The monoisotopic (exact) mass is 472 g/mol. The van der Waals surface area contributed by atoms with Gasteiger partial charge in [-0.2, -0.15) is 0 Å². The molecule has 0 aromatic heterocycles. The molecule has 170 valence electrons. The summed E-state index contributed by atoms with van der Waals surface area (Å²) in [5.74, 6) is 2.37. The second-order valence-corrected chi connectivity index (χ2v) is 10.9. The number of aromatic hydroxyl groups is 1. The van der Waals surface area contributed by atoms with E-state index in [-0.39, 0.29) is 11.9 Å². The fraction of sp³-hybridized carbons (Fsp3) is 0.320. The summed E-state index contributed by atoms with van der Waals surface area (Å²) >= 11 is 0. The lowest BCUT2D eigenvalue weighted by molar-refractivity contribution is 0.0951. The van der Waals surface area contributed by atoms with E-state index in [1.165, 1.54) is 0 Å². The first-order valence-electron chi connectivity index (χ1n) is 10.1. The first-order chi connectivity index (χ1) is 15.4. The van der Waals surface area contributed by atoms with Crippen LogP contribution in [-0.2, 0) is 9.47 Å². The van der Waals surface area contributed by atoms with Crippen molar-refractivity contribution in [2.24, 2.45) is 0 Å². The second kappa shape index (κ2) is 10.1. The lowest BCUT2D eigenvalue weighted by Crippen LogP contribution is -2.46. The molecule has 0 aliphatic heterocycles. The van der Waals surface area contributed by atoms with Gasteiger partial charge in [0.1, 0.15) is 23.0 Å². The lowest BCUT2D eigenvalue weighted by atomic mass is 9.96. The highest BCUT2D eigenvalue weighted by atomic mass is 31.1. The van der Waals surface area contributed by atoms with Crippen LogP contribution in [0.4, 0.5) is 0 Å². The van der Waals surface area contributed by atoms with Crippen LogP contribution in [0, 0.1) is 6.92 Å². The van der Waals surface area contributed by atoms with Gasteiger partial charge in [0.25, 0.3) is 0 Å². The fourth-order valence-electron chi connectivity index (χ4n) is 4.25. The van der Waals surface area contributed by atoms with Crippen LogP contribution in [0.5, 0.6) is 17.2 Å². The van der Waals surface area contributed by atoms with Gasteiger partial charge in [-0.15, -0.1) is 0 Å². The highest BCUT2D eigenvalue weighted by Crippen LogP contribution is 2.59. The van der Waals surface area contributed by atoms with Crippen molar-refractivity contribution in [3.8, 4) is 17.2 Å². The molecule has 0 spiro atoms. The molecule has 2 aromatic carbocycles. The molecular weight excluding hydrogens is 442 g/mol. The maximum absolute atomic E-state index is 11.4. The number of ether oxygens (including phenoxy) is 4. The summed E-state index contributed by atoms with van der Waals surface area (Å²) < 4.78 is 23.5. The Morgan fingerprint density at radius 1 is 1.06 bits per heavy atom. The fourth-order valence-corrected chi connectivity index (χ4v) is 8.38. The van der Waals surface area contributed by atoms with E-state index in [4.69, 9.17) is 18.9 Å². The standard InChI is InChI=1S/C25H30O5P2/c1-16-14-19(31-7)23(26)20(15-16)32(24-17(27-3)10-8-11-18(24)28-4)25(2)21(29-5)12-9-13-22(25)30-6/h8-15,21,26H,7H2,1-6H3. The van der Waals surface area contributed by atoms with Crippen molar-refractivity contribution in [3.63, 3.8) is 0 Å². The molecule has 0 saturated carbocycles. The van der Waals surface area contributed by atoms with Crippen LogP contribution >= 0.6 is 16.1 Å². The SMILES string of the molecule is C=Pc1cc(C)cc(P(c2c(OC)cccc2OC)C2(C)C(OC)=CC=CC2OC)c1O. The van der Waals surface area contributed by atoms with E-state index in [9.17, 15) is 5.11 Å². The number of hydrogen-bond acceptors (Lipinski definition) is 5. The molecule has 0 bridgehead atoms. The van der Waals surface area contributed by atoms with Gasteiger partial charge < -0.3 is 24.1 Å². The second-order valence-electron chi connectivity index (χ2n) is 7.58. The third-order valence-corrected chi connectivity index (χ3v) is 9.57. The van der Waals surface area contributed by atoms with Gasteiger partial charge in [0.05, 0.1) is 37.9 Å². The Balaban J connectivity index is 2.48. The number of hydrogen-bond donors (Lipinski definition) is 1. The third kappa shape index (κ3) is 4.06. The van der Waals surface area contributed by atoms with E-state index >= 15 is 0 Å². The number of aryl methyl sites for hydroxylation is 1. The highest BCUT2D eigenvalue weighted by Gasteiger charge is 2.50. The lowest BCUT2D eigenvalue weighted by Gasteiger charge is -2.45. The molecule has 7 heteroatoms. The summed E-state index contributed by atoms with van der Waals surface area (Å²) in [6.45, 7) is 4.13. The number of methoxy groups -OCH3 is 4. The molecule has 0 fully saturated rings. The number of benzene rings is 2. The Morgan fingerprint density at radius 2 is 1.72 bits per heavy atom. The summed E-state index contributed by atoms with van der Waals surface area (Å²) in [4.78, 5) is 0. The molecule has 5 nitrogen and oxygen atoms in total. The highest BCUT2D eigenvalue weighted by molar-refractivity contribution is 7.75. The van der Waals surface area contributed by atoms with Crippen LogP contribution in [-0.4, -0.2) is 51.1 Å². The summed E-state index contributed by atoms with van der Waals surface area (Å²) in [7, 11) is 6.03. The average molecular weight is 472 g/mol.